The molecule has 0 saturated carbocycles. The van der Waals surface area contributed by atoms with Gasteiger partial charge < -0.3 is 13.9 Å². The van der Waals surface area contributed by atoms with Crippen molar-refractivity contribution in [2.45, 2.75) is 0 Å². The molecular formula is C21H12O6. The Morgan fingerprint density at radius 3 is 2.37 bits per heavy atom. The normalized spacial score (nSPS) is 11.4. The molecule has 0 fully saturated rings. The van der Waals surface area contributed by atoms with Gasteiger partial charge in [0.25, 0.3) is 0 Å². The van der Waals surface area contributed by atoms with Crippen LogP contribution in [0.3, 0.4) is 0 Å². The zero-order chi connectivity index (χ0) is 19.0. The van der Waals surface area contributed by atoms with Crippen LogP contribution in [0.1, 0.15) is 15.9 Å². The van der Waals surface area contributed by atoms with Gasteiger partial charge in [-0.3, -0.25) is 9.59 Å². The molecule has 4 rings (SSSR count). The summed E-state index contributed by atoms with van der Waals surface area (Å²) < 4.78 is 10.5. The minimum Gasteiger partial charge on any atom is -0.506 e. The molecule has 2 heterocycles. The Hall–Kier alpha value is -3.93. The third-order valence-corrected chi connectivity index (χ3v) is 4.15. The monoisotopic (exact) mass is 360 g/mol. The number of fused-ring (bicyclic) bond motifs is 2. The van der Waals surface area contributed by atoms with Crippen LogP contribution in [0.2, 0.25) is 0 Å². The molecule has 6 heteroatoms. The van der Waals surface area contributed by atoms with Crippen molar-refractivity contribution in [3.05, 3.63) is 92.6 Å². The lowest BCUT2D eigenvalue weighted by molar-refractivity contribution is 0.104. The summed E-state index contributed by atoms with van der Waals surface area (Å²) in [5.41, 5.74) is -1.00. The summed E-state index contributed by atoms with van der Waals surface area (Å²) in [5, 5.41) is 10.9. The van der Waals surface area contributed by atoms with Crippen LogP contribution in [0.15, 0.2) is 79.3 Å². The molecule has 27 heavy (non-hydrogen) atoms. The number of para-hydroxylation sites is 2. The molecule has 0 amide bonds. The van der Waals surface area contributed by atoms with Crippen molar-refractivity contribution in [3.63, 3.8) is 0 Å². The van der Waals surface area contributed by atoms with Gasteiger partial charge in [0.2, 0.25) is 0 Å². The molecule has 0 unspecified atom stereocenters. The minimum atomic E-state index is -0.952. The number of carbonyl (C=O) groups excluding carboxylic acids is 1. The Morgan fingerprint density at radius 1 is 0.926 bits per heavy atom. The van der Waals surface area contributed by atoms with E-state index in [-0.39, 0.29) is 22.0 Å². The number of rotatable bonds is 3. The molecule has 6 nitrogen and oxygen atoms in total. The van der Waals surface area contributed by atoms with Gasteiger partial charge in [0, 0.05) is 0 Å². The number of ketones is 1. The molecule has 0 radical (unpaired) electrons. The third kappa shape index (κ3) is 2.83. The zero-order valence-corrected chi connectivity index (χ0v) is 13.8. The van der Waals surface area contributed by atoms with Crippen LogP contribution < -0.4 is 11.1 Å². The summed E-state index contributed by atoms with van der Waals surface area (Å²) in [6.45, 7) is 0. The maximum Gasteiger partial charge on any atom is 0.351 e. The summed E-state index contributed by atoms with van der Waals surface area (Å²) in [6, 6.07) is 13.1. The van der Waals surface area contributed by atoms with Crippen molar-refractivity contribution in [1.82, 2.24) is 0 Å². The van der Waals surface area contributed by atoms with E-state index >= 15 is 0 Å². The van der Waals surface area contributed by atoms with E-state index in [1.165, 1.54) is 24.5 Å². The molecule has 0 aliphatic carbocycles. The number of allylic oxidation sites excluding steroid dienone is 1. The lowest BCUT2D eigenvalue weighted by atomic mass is 10.1. The molecule has 2 aromatic carbocycles. The van der Waals surface area contributed by atoms with Gasteiger partial charge in [0.15, 0.2) is 11.2 Å². The van der Waals surface area contributed by atoms with Crippen LogP contribution in [0.4, 0.5) is 0 Å². The second-order valence-corrected chi connectivity index (χ2v) is 5.82. The van der Waals surface area contributed by atoms with Crippen LogP contribution >= 0.6 is 0 Å². The van der Waals surface area contributed by atoms with Crippen LogP contribution in [-0.2, 0) is 0 Å². The average Bonchev–Trinajstić information content (AvgIpc) is 2.68. The molecular weight excluding hydrogens is 348 g/mol. The number of carbonyl (C=O) groups is 1. The Labute approximate surface area is 151 Å². The molecule has 2 aromatic heterocycles. The van der Waals surface area contributed by atoms with E-state index in [1.807, 2.05) is 0 Å². The highest BCUT2D eigenvalue weighted by Crippen LogP contribution is 2.26. The van der Waals surface area contributed by atoms with E-state index in [0.29, 0.717) is 11.0 Å². The predicted molar refractivity (Wildman–Crippen MR) is 100.0 cm³/mol. The SMILES string of the molecule is O=C(/C=C/c1coc2ccccc2c1=O)c1c(O)c2ccccc2oc1=O. The van der Waals surface area contributed by atoms with Crippen LogP contribution in [0.5, 0.6) is 5.75 Å². The van der Waals surface area contributed by atoms with Gasteiger partial charge in [-0.15, -0.1) is 0 Å². The van der Waals surface area contributed by atoms with Gasteiger partial charge in [-0.25, -0.2) is 4.79 Å². The van der Waals surface area contributed by atoms with Crippen molar-refractivity contribution in [1.29, 1.82) is 0 Å². The van der Waals surface area contributed by atoms with E-state index in [4.69, 9.17) is 8.83 Å². The van der Waals surface area contributed by atoms with E-state index in [9.17, 15) is 19.5 Å². The number of hydrogen-bond donors (Lipinski definition) is 1. The molecule has 0 spiro atoms. The predicted octanol–water partition coefficient (Wildman–Crippen LogP) is 3.50. The highest BCUT2D eigenvalue weighted by atomic mass is 16.4. The number of benzene rings is 2. The summed E-state index contributed by atoms with van der Waals surface area (Å²) >= 11 is 0. The van der Waals surface area contributed by atoms with Gasteiger partial charge in [-0.05, 0) is 36.4 Å². The second kappa shape index (κ2) is 6.42. The minimum absolute atomic E-state index is 0.145. The summed E-state index contributed by atoms with van der Waals surface area (Å²) in [4.78, 5) is 37.0. The van der Waals surface area contributed by atoms with Gasteiger partial charge >= 0.3 is 5.63 Å². The first-order valence-electron chi connectivity index (χ1n) is 8.04. The highest BCUT2D eigenvalue weighted by Gasteiger charge is 2.19. The van der Waals surface area contributed by atoms with Crippen molar-refractivity contribution >= 4 is 33.8 Å². The molecule has 132 valence electrons. The van der Waals surface area contributed by atoms with Crippen LogP contribution in [0, 0.1) is 0 Å². The Morgan fingerprint density at radius 2 is 1.59 bits per heavy atom. The first-order valence-corrected chi connectivity index (χ1v) is 8.04. The molecule has 1 N–H and O–H groups in total. The standard InChI is InChI=1S/C21H12O6/c22-15(18-20(24)14-6-2-4-8-17(14)27-21(18)25)10-9-12-11-26-16-7-3-1-5-13(16)19(12)23/h1-11,24H/b10-9+. The van der Waals surface area contributed by atoms with Crippen LogP contribution in [0.25, 0.3) is 28.0 Å². The third-order valence-electron chi connectivity index (χ3n) is 4.15. The first kappa shape index (κ1) is 16.5. The fourth-order valence-electron chi connectivity index (χ4n) is 2.81. The van der Waals surface area contributed by atoms with E-state index < -0.39 is 22.7 Å². The quantitative estimate of drug-likeness (QED) is 0.341. The second-order valence-electron chi connectivity index (χ2n) is 5.82. The van der Waals surface area contributed by atoms with Crippen LogP contribution in [-0.4, -0.2) is 10.9 Å². The Balaban J connectivity index is 1.77. The molecule has 0 saturated heterocycles. The molecule has 0 aliphatic heterocycles. The van der Waals surface area contributed by atoms with E-state index in [1.54, 1.807) is 36.4 Å². The Kier molecular flexibility index (Phi) is 3.93. The number of hydrogen-bond acceptors (Lipinski definition) is 6. The van der Waals surface area contributed by atoms with Crippen molar-refractivity contribution < 1.29 is 18.7 Å². The highest BCUT2D eigenvalue weighted by molar-refractivity contribution is 6.10. The summed E-state index contributed by atoms with van der Waals surface area (Å²) in [5.74, 6) is -1.23. The molecule has 0 bridgehead atoms. The average molecular weight is 360 g/mol. The largest absolute Gasteiger partial charge is 0.506 e. The maximum atomic E-state index is 12.4. The topological polar surface area (TPSA) is 97.7 Å². The Bertz CT molecular complexity index is 1340. The van der Waals surface area contributed by atoms with Crippen molar-refractivity contribution in [2.75, 3.05) is 0 Å². The van der Waals surface area contributed by atoms with Crippen molar-refractivity contribution in [2.24, 2.45) is 0 Å². The van der Waals surface area contributed by atoms with Gasteiger partial charge in [0.05, 0.1) is 16.3 Å². The van der Waals surface area contributed by atoms with E-state index in [0.717, 1.165) is 6.08 Å². The fourth-order valence-corrected chi connectivity index (χ4v) is 2.81. The lowest BCUT2D eigenvalue weighted by Crippen LogP contribution is -2.13. The summed E-state index contributed by atoms with van der Waals surface area (Å²) in [7, 11) is 0. The first-order chi connectivity index (χ1) is 13.1. The van der Waals surface area contributed by atoms with E-state index in [2.05, 4.69) is 0 Å². The molecule has 0 aliphatic rings. The van der Waals surface area contributed by atoms with Gasteiger partial charge in [0.1, 0.15) is 28.7 Å². The summed E-state index contributed by atoms with van der Waals surface area (Å²) in [6.07, 6.45) is 3.51. The molecule has 4 aromatic rings. The maximum absolute atomic E-state index is 12.4. The smallest absolute Gasteiger partial charge is 0.351 e. The zero-order valence-electron chi connectivity index (χ0n) is 13.8. The lowest BCUT2D eigenvalue weighted by Gasteiger charge is -2.03. The number of aromatic hydroxyl groups is 1. The fraction of sp³-hybridized carbons (Fsp3) is 0. The van der Waals surface area contributed by atoms with Gasteiger partial charge in [-0.2, -0.15) is 0 Å². The van der Waals surface area contributed by atoms with Crippen molar-refractivity contribution in [3.8, 4) is 5.75 Å². The molecule has 0 atom stereocenters. The van der Waals surface area contributed by atoms with Gasteiger partial charge in [-0.1, -0.05) is 24.3 Å².